The van der Waals surface area contributed by atoms with Crippen LogP contribution in [0.3, 0.4) is 0 Å². The summed E-state index contributed by atoms with van der Waals surface area (Å²) in [5.41, 5.74) is 2.97. The summed E-state index contributed by atoms with van der Waals surface area (Å²) in [7, 11) is 0. The predicted octanol–water partition coefficient (Wildman–Crippen LogP) is 4.07. The molecule has 0 unspecified atom stereocenters. The topological polar surface area (TPSA) is 32.5 Å². The van der Waals surface area contributed by atoms with Crippen LogP contribution in [0.15, 0.2) is 40.9 Å². The standard InChI is InChI=1S/C22H31N3O/c1-3-24-15-20(19-7-5-4-6-8-19)14-22(17-24)9-11-25(12-10-22)16-21-13-18(2)23-26-21/h4-8,13,20H,3,9-12,14-17H2,1-2H3/t20-/m0/s1. The van der Waals surface area contributed by atoms with E-state index in [9.17, 15) is 0 Å². The van der Waals surface area contributed by atoms with Gasteiger partial charge in [-0.2, -0.15) is 0 Å². The van der Waals surface area contributed by atoms with Crippen LogP contribution in [-0.2, 0) is 6.54 Å². The Morgan fingerprint density at radius 1 is 1.15 bits per heavy atom. The van der Waals surface area contributed by atoms with Crippen molar-refractivity contribution in [3.63, 3.8) is 0 Å². The van der Waals surface area contributed by atoms with Gasteiger partial charge in [-0.3, -0.25) is 4.90 Å². The normalized spacial score (nSPS) is 24.2. The maximum absolute atomic E-state index is 5.41. The Labute approximate surface area is 157 Å². The Morgan fingerprint density at radius 2 is 1.92 bits per heavy atom. The van der Waals surface area contributed by atoms with Crippen LogP contribution >= 0.6 is 0 Å². The lowest BCUT2D eigenvalue weighted by Crippen LogP contribution is -2.51. The van der Waals surface area contributed by atoms with E-state index in [1.54, 1.807) is 0 Å². The molecule has 3 heterocycles. The smallest absolute Gasteiger partial charge is 0.150 e. The zero-order valence-corrected chi connectivity index (χ0v) is 16.2. The molecule has 1 spiro atoms. The molecule has 0 aliphatic carbocycles. The Hall–Kier alpha value is -1.65. The second kappa shape index (κ2) is 7.53. The fourth-order valence-corrected chi connectivity index (χ4v) is 4.95. The number of piperidine rings is 2. The lowest BCUT2D eigenvalue weighted by molar-refractivity contribution is 0.0118. The zero-order chi connectivity index (χ0) is 18.0. The third kappa shape index (κ3) is 3.86. The van der Waals surface area contributed by atoms with Crippen LogP contribution < -0.4 is 0 Å². The summed E-state index contributed by atoms with van der Waals surface area (Å²) < 4.78 is 5.41. The number of hydrogen-bond acceptors (Lipinski definition) is 4. The molecule has 0 bridgehead atoms. The highest BCUT2D eigenvalue weighted by atomic mass is 16.5. The molecule has 0 saturated carbocycles. The second-order valence-corrected chi connectivity index (χ2v) is 8.35. The summed E-state index contributed by atoms with van der Waals surface area (Å²) >= 11 is 0. The van der Waals surface area contributed by atoms with Gasteiger partial charge in [-0.1, -0.05) is 42.4 Å². The number of benzene rings is 1. The van der Waals surface area contributed by atoms with Gasteiger partial charge in [0.2, 0.25) is 0 Å². The number of aromatic nitrogens is 1. The molecule has 0 radical (unpaired) electrons. The minimum absolute atomic E-state index is 0.475. The lowest BCUT2D eigenvalue weighted by Gasteiger charge is -2.50. The summed E-state index contributed by atoms with van der Waals surface area (Å²) in [5.74, 6) is 1.67. The lowest BCUT2D eigenvalue weighted by atomic mass is 9.68. The van der Waals surface area contributed by atoms with E-state index < -0.39 is 0 Å². The minimum atomic E-state index is 0.475. The van der Waals surface area contributed by atoms with E-state index in [1.807, 2.05) is 6.92 Å². The van der Waals surface area contributed by atoms with E-state index in [2.05, 4.69) is 58.3 Å². The summed E-state index contributed by atoms with van der Waals surface area (Å²) in [5, 5.41) is 4.02. The Bertz CT molecular complexity index is 703. The van der Waals surface area contributed by atoms with Gasteiger partial charge in [0.05, 0.1) is 12.2 Å². The van der Waals surface area contributed by atoms with Crippen LogP contribution in [0.5, 0.6) is 0 Å². The number of aryl methyl sites for hydroxylation is 1. The van der Waals surface area contributed by atoms with E-state index in [4.69, 9.17) is 4.52 Å². The molecule has 4 nitrogen and oxygen atoms in total. The first-order chi connectivity index (χ1) is 12.7. The van der Waals surface area contributed by atoms with Gasteiger partial charge in [0.25, 0.3) is 0 Å². The van der Waals surface area contributed by atoms with Gasteiger partial charge in [-0.05, 0) is 62.7 Å². The van der Waals surface area contributed by atoms with Crippen molar-refractivity contribution in [1.82, 2.24) is 15.0 Å². The maximum Gasteiger partial charge on any atom is 0.150 e. The Morgan fingerprint density at radius 3 is 2.58 bits per heavy atom. The maximum atomic E-state index is 5.41. The van der Waals surface area contributed by atoms with Crippen LogP contribution in [0, 0.1) is 12.3 Å². The van der Waals surface area contributed by atoms with Crippen molar-refractivity contribution in [3.8, 4) is 0 Å². The molecule has 2 saturated heterocycles. The molecule has 2 aliphatic rings. The van der Waals surface area contributed by atoms with Crippen molar-refractivity contribution >= 4 is 0 Å². The molecule has 2 fully saturated rings. The van der Waals surface area contributed by atoms with Gasteiger partial charge in [0.1, 0.15) is 0 Å². The molecule has 1 aromatic carbocycles. The highest BCUT2D eigenvalue weighted by Gasteiger charge is 2.41. The third-order valence-corrected chi connectivity index (χ3v) is 6.41. The predicted molar refractivity (Wildman–Crippen MR) is 104 cm³/mol. The largest absolute Gasteiger partial charge is 0.360 e. The van der Waals surface area contributed by atoms with Gasteiger partial charge in [-0.15, -0.1) is 0 Å². The zero-order valence-electron chi connectivity index (χ0n) is 16.2. The van der Waals surface area contributed by atoms with Crippen LogP contribution in [0.2, 0.25) is 0 Å². The molecule has 0 amide bonds. The first-order valence-electron chi connectivity index (χ1n) is 10.1. The van der Waals surface area contributed by atoms with Gasteiger partial charge < -0.3 is 9.42 Å². The molecule has 140 valence electrons. The SMILES string of the molecule is CCN1C[C@@H](c2ccccc2)CC2(CCN(Cc3cc(C)no3)CC2)C1. The number of likely N-dealkylation sites (tertiary alicyclic amines) is 2. The van der Waals surface area contributed by atoms with E-state index in [0.717, 1.165) is 24.5 Å². The summed E-state index contributed by atoms with van der Waals surface area (Å²) in [6, 6.07) is 13.2. The highest BCUT2D eigenvalue weighted by Crippen LogP contribution is 2.45. The van der Waals surface area contributed by atoms with E-state index in [-0.39, 0.29) is 0 Å². The van der Waals surface area contributed by atoms with Crippen molar-refractivity contribution in [1.29, 1.82) is 0 Å². The summed E-state index contributed by atoms with van der Waals surface area (Å²) in [4.78, 5) is 5.21. The van der Waals surface area contributed by atoms with E-state index in [1.165, 1.54) is 51.0 Å². The third-order valence-electron chi connectivity index (χ3n) is 6.41. The first kappa shape index (κ1) is 17.7. The van der Waals surface area contributed by atoms with Gasteiger partial charge in [0, 0.05) is 19.2 Å². The van der Waals surface area contributed by atoms with Crippen molar-refractivity contribution < 1.29 is 4.52 Å². The summed E-state index contributed by atoms with van der Waals surface area (Å²) in [6.45, 7) is 11.2. The van der Waals surface area contributed by atoms with Crippen molar-refractivity contribution in [3.05, 3.63) is 53.4 Å². The Kier molecular flexibility index (Phi) is 5.14. The molecule has 1 atom stereocenters. The molecular weight excluding hydrogens is 322 g/mol. The van der Waals surface area contributed by atoms with Gasteiger partial charge in [0.15, 0.2) is 5.76 Å². The van der Waals surface area contributed by atoms with E-state index in [0.29, 0.717) is 11.3 Å². The average molecular weight is 354 g/mol. The number of rotatable bonds is 4. The monoisotopic (exact) mass is 353 g/mol. The molecular formula is C22H31N3O. The van der Waals surface area contributed by atoms with Crippen LogP contribution in [-0.4, -0.2) is 47.7 Å². The van der Waals surface area contributed by atoms with E-state index >= 15 is 0 Å². The first-order valence-corrected chi connectivity index (χ1v) is 10.1. The molecule has 1 aromatic heterocycles. The molecule has 26 heavy (non-hydrogen) atoms. The van der Waals surface area contributed by atoms with Crippen molar-refractivity contribution in [2.75, 3.05) is 32.7 Å². The fraction of sp³-hybridized carbons (Fsp3) is 0.591. The Balaban J connectivity index is 1.42. The minimum Gasteiger partial charge on any atom is -0.360 e. The highest BCUT2D eigenvalue weighted by molar-refractivity contribution is 5.21. The summed E-state index contributed by atoms with van der Waals surface area (Å²) in [6.07, 6.45) is 3.92. The average Bonchev–Trinajstić information content (AvgIpc) is 3.09. The molecule has 0 N–H and O–H groups in total. The number of likely N-dealkylation sites (N-methyl/N-ethyl adjacent to an activating group) is 1. The second-order valence-electron chi connectivity index (χ2n) is 8.35. The quantitative estimate of drug-likeness (QED) is 0.829. The molecule has 2 aromatic rings. The van der Waals surface area contributed by atoms with Crippen molar-refractivity contribution in [2.24, 2.45) is 5.41 Å². The van der Waals surface area contributed by atoms with Gasteiger partial charge >= 0.3 is 0 Å². The van der Waals surface area contributed by atoms with Crippen LogP contribution in [0.1, 0.15) is 49.1 Å². The van der Waals surface area contributed by atoms with Gasteiger partial charge in [-0.25, -0.2) is 0 Å². The van der Waals surface area contributed by atoms with Crippen LogP contribution in [0.25, 0.3) is 0 Å². The molecule has 4 heteroatoms. The fourth-order valence-electron chi connectivity index (χ4n) is 4.95. The number of nitrogens with zero attached hydrogens (tertiary/aromatic N) is 3. The molecule has 4 rings (SSSR count). The molecule has 2 aliphatic heterocycles. The number of hydrogen-bond donors (Lipinski definition) is 0. The van der Waals surface area contributed by atoms with Crippen molar-refractivity contribution in [2.45, 2.75) is 45.6 Å². The van der Waals surface area contributed by atoms with Crippen LogP contribution in [0.4, 0.5) is 0 Å².